The summed E-state index contributed by atoms with van der Waals surface area (Å²) in [5.74, 6) is 0. The Kier molecular flexibility index (Phi) is 1.48. The fraction of sp³-hybridized carbons (Fsp3) is 0.417. The summed E-state index contributed by atoms with van der Waals surface area (Å²) in [6, 6.07) is 8.32. The quantitative estimate of drug-likeness (QED) is 0.666. The summed E-state index contributed by atoms with van der Waals surface area (Å²) < 4.78 is 0. The first-order chi connectivity index (χ1) is 6.84. The SMILES string of the molecule is N#Cc1ccc2c(c1)C1(CC1)CNC2. The molecule has 2 nitrogen and oxygen atoms in total. The zero-order chi connectivity index (χ0) is 9.60. The molecule has 1 saturated carbocycles. The van der Waals surface area contributed by atoms with Crippen molar-refractivity contribution in [1.82, 2.24) is 5.32 Å². The van der Waals surface area contributed by atoms with E-state index < -0.39 is 0 Å². The number of hydrogen-bond donors (Lipinski definition) is 1. The van der Waals surface area contributed by atoms with Crippen LogP contribution in [-0.2, 0) is 12.0 Å². The van der Waals surface area contributed by atoms with Crippen molar-refractivity contribution in [2.75, 3.05) is 6.54 Å². The Morgan fingerprint density at radius 2 is 2.21 bits per heavy atom. The highest BCUT2D eigenvalue weighted by Gasteiger charge is 2.46. The van der Waals surface area contributed by atoms with Crippen molar-refractivity contribution in [3.63, 3.8) is 0 Å². The molecule has 3 rings (SSSR count). The van der Waals surface area contributed by atoms with Gasteiger partial charge >= 0.3 is 0 Å². The van der Waals surface area contributed by atoms with Crippen LogP contribution >= 0.6 is 0 Å². The number of nitrogens with one attached hydrogen (secondary N) is 1. The number of nitriles is 1. The van der Waals surface area contributed by atoms with Gasteiger partial charge in [0.15, 0.2) is 0 Å². The van der Waals surface area contributed by atoms with E-state index in [1.165, 1.54) is 24.0 Å². The molecule has 1 aromatic rings. The van der Waals surface area contributed by atoms with Crippen LogP contribution in [0.2, 0.25) is 0 Å². The van der Waals surface area contributed by atoms with Gasteiger partial charge in [-0.05, 0) is 36.1 Å². The smallest absolute Gasteiger partial charge is 0.0991 e. The Morgan fingerprint density at radius 3 is 2.93 bits per heavy atom. The van der Waals surface area contributed by atoms with Gasteiger partial charge in [0.1, 0.15) is 0 Å². The van der Waals surface area contributed by atoms with Crippen LogP contribution in [0.4, 0.5) is 0 Å². The van der Waals surface area contributed by atoms with E-state index in [4.69, 9.17) is 5.26 Å². The Balaban J connectivity index is 2.16. The highest BCUT2D eigenvalue weighted by molar-refractivity contribution is 5.46. The Hall–Kier alpha value is -1.33. The van der Waals surface area contributed by atoms with Crippen LogP contribution in [0.25, 0.3) is 0 Å². The molecule has 0 radical (unpaired) electrons. The fourth-order valence-corrected chi connectivity index (χ4v) is 2.42. The predicted octanol–water partition coefficient (Wildman–Crippen LogP) is 1.69. The Labute approximate surface area is 83.6 Å². The molecule has 1 aliphatic heterocycles. The molecule has 1 spiro atoms. The third-order valence-electron chi connectivity index (χ3n) is 3.44. The summed E-state index contributed by atoms with van der Waals surface area (Å²) in [6.45, 7) is 2.05. The average molecular weight is 184 g/mol. The first-order valence-electron chi connectivity index (χ1n) is 5.08. The van der Waals surface area contributed by atoms with Crippen LogP contribution in [0.15, 0.2) is 18.2 Å². The second-order valence-electron chi connectivity index (χ2n) is 4.37. The Bertz CT molecular complexity index is 424. The molecule has 2 aliphatic rings. The number of rotatable bonds is 0. The molecule has 0 amide bonds. The van der Waals surface area contributed by atoms with E-state index in [0.29, 0.717) is 5.41 Å². The minimum absolute atomic E-state index is 0.389. The molecule has 1 aromatic carbocycles. The van der Waals surface area contributed by atoms with E-state index in [0.717, 1.165) is 18.7 Å². The molecule has 1 N–H and O–H groups in total. The molecule has 1 aliphatic carbocycles. The molecule has 14 heavy (non-hydrogen) atoms. The highest BCUT2D eigenvalue weighted by atomic mass is 14.9. The second kappa shape index (κ2) is 2.59. The predicted molar refractivity (Wildman–Crippen MR) is 53.8 cm³/mol. The average Bonchev–Trinajstić information content (AvgIpc) is 2.99. The van der Waals surface area contributed by atoms with Crippen molar-refractivity contribution in [3.8, 4) is 6.07 Å². The van der Waals surface area contributed by atoms with Crippen LogP contribution in [-0.4, -0.2) is 6.54 Å². The maximum atomic E-state index is 8.86. The molecule has 1 fully saturated rings. The van der Waals surface area contributed by atoms with Crippen LogP contribution in [0.3, 0.4) is 0 Å². The van der Waals surface area contributed by atoms with Crippen molar-refractivity contribution in [1.29, 1.82) is 5.26 Å². The lowest BCUT2D eigenvalue weighted by Crippen LogP contribution is -2.33. The molecular formula is C12H12N2. The van der Waals surface area contributed by atoms with Crippen LogP contribution in [0, 0.1) is 11.3 Å². The summed E-state index contributed by atoms with van der Waals surface area (Å²) in [4.78, 5) is 0. The topological polar surface area (TPSA) is 35.8 Å². The fourth-order valence-electron chi connectivity index (χ4n) is 2.42. The van der Waals surface area contributed by atoms with Crippen LogP contribution in [0.1, 0.15) is 29.5 Å². The van der Waals surface area contributed by atoms with Gasteiger partial charge in [-0.15, -0.1) is 0 Å². The lowest BCUT2D eigenvalue weighted by Gasteiger charge is -2.26. The second-order valence-corrected chi connectivity index (χ2v) is 4.37. The molecule has 0 atom stereocenters. The highest BCUT2D eigenvalue weighted by Crippen LogP contribution is 2.50. The minimum atomic E-state index is 0.389. The molecule has 0 saturated heterocycles. The van der Waals surface area contributed by atoms with E-state index in [-0.39, 0.29) is 0 Å². The van der Waals surface area contributed by atoms with E-state index in [9.17, 15) is 0 Å². The number of hydrogen-bond acceptors (Lipinski definition) is 2. The Morgan fingerprint density at radius 1 is 1.36 bits per heavy atom. The number of fused-ring (bicyclic) bond motifs is 2. The van der Waals surface area contributed by atoms with Gasteiger partial charge in [-0.3, -0.25) is 0 Å². The summed E-state index contributed by atoms with van der Waals surface area (Å²) in [5.41, 5.74) is 4.00. The molecular weight excluding hydrogens is 172 g/mol. The summed E-state index contributed by atoms with van der Waals surface area (Å²) >= 11 is 0. The lowest BCUT2D eigenvalue weighted by atomic mass is 9.87. The third kappa shape index (κ3) is 0.995. The minimum Gasteiger partial charge on any atom is -0.312 e. The monoisotopic (exact) mass is 184 g/mol. The molecule has 2 heteroatoms. The van der Waals surface area contributed by atoms with Crippen molar-refractivity contribution in [2.24, 2.45) is 0 Å². The third-order valence-corrected chi connectivity index (χ3v) is 3.44. The summed E-state index contributed by atoms with van der Waals surface area (Å²) in [6.07, 6.45) is 2.56. The summed E-state index contributed by atoms with van der Waals surface area (Å²) in [7, 11) is 0. The van der Waals surface area contributed by atoms with Crippen LogP contribution in [0.5, 0.6) is 0 Å². The van der Waals surface area contributed by atoms with Gasteiger partial charge in [-0.25, -0.2) is 0 Å². The van der Waals surface area contributed by atoms with Crippen LogP contribution < -0.4 is 5.32 Å². The maximum absolute atomic E-state index is 8.86. The van der Waals surface area contributed by atoms with Gasteiger partial charge in [0.2, 0.25) is 0 Å². The first kappa shape index (κ1) is 8.02. The van der Waals surface area contributed by atoms with Crippen molar-refractivity contribution in [2.45, 2.75) is 24.8 Å². The van der Waals surface area contributed by atoms with E-state index in [2.05, 4.69) is 23.5 Å². The van der Waals surface area contributed by atoms with Gasteiger partial charge in [-0.2, -0.15) is 5.26 Å². The van der Waals surface area contributed by atoms with Gasteiger partial charge in [0.25, 0.3) is 0 Å². The molecule has 0 bridgehead atoms. The van der Waals surface area contributed by atoms with Gasteiger partial charge in [0, 0.05) is 18.5 Å². The normalized spacial score (nSPS) is 21.4. The van der Waals surface area contributed by atoms with Gasteiger partial charge < -0.3 is 5.32 Å². The van der Waals surface area contributed by atoms with E-state index >= 15 is 0 Å². The largest absolute Gasteiger partial charge is 0.312 e. The van der Waals surface area contributed by atoms with Crippen molar-refractivity contribution in [3.05, 3.63) is 34.9 Å². The molecule has 70 valence electrons. The lowest BCUT2D eigenvalue weighted by molar-refractivity contribution is 0.531. The van der Waals surface area contributed by atoms with Crippen molar-refractivity contribution >= 4 is 0 Å². The standard InChI is InChI=1S/C12H12N2/c13-6-9-1-2-10-7-14-8-12(3-4-12)11(10)5-9/h1-2,5,14H,3-4,7-8H2. The van der Waals surface area contributed by atoms with Gasteiger partial charge in [0.05, 0.1) is 11.6 Å². The zero-order valence-electron chi connectivity index (χ0n) is 8.01. The van der Waals surface area contributed by atoms with Gasteiger partial charge in [-0.1, -0.05) is 6.07 Å². The number of benzene rings is 1. The number of nitrogens with zero attached hydrogens (tertiary/aromatic N) is 1. The molecule has 0 aromatic heterocycles. The van der Waals surface area contributed by atoms with E-state index in [1.54, 1.807) is 0 Å². The molecule has 1 heterocycles. The van der Waals surface area contributed by atoms with E-state index in [1.807, 2.05) is 6.07 Å². The van der Waals surface area contributed by atoms with Crippen molar-refractivity contribution < 1.29 is 0 Å². The maximum Gasteiger partial charge on any atom is 0.0991 e. The summed E-state index contributed by atoms with van der Waals surface area (Å²) in [5, 5.41) is 12.3. The first-order valence-corrected chi connectivity index (χ1v) is 5.08. The zero-order valence-corrected chi connectivity index (χ0v) is 8.01. The molecule has 0 unspecified atom stereocenters.